The second-order valence-corrected chi connectivity index (χ2v) is 6.00. The lowest BCUT2D eigenvalue weighted by Gasteiger charge is -2.19. The minimum absolute atomic E-state index is 0.00469. The van der Waals surface area contributed by atoms with E-state index >= 15 is 0 Å². The molecule has 25 heavy (non-hydrogen) atoms. The van der Waals surface area contributed by atoms with Gasteiger partial charge in [0.25, 0.3) is 5.91 Å². The van der Waals surface area contributed by atoms with Gasteiger partial charge in [-0.2, -0.15) is 13.2 Å². The highest BCUT2D eigenvalue weighted by molar-refractivity contribution is 5.97. The quantitative estimate of drug-likeness (QED) is 0.697. The Hall–Kier alpha value is -2.51. The van der Waals surface area contributed by atoms with Crippen molar-refractivity contribution in [3.05, 3.63) is 42.0 Å². The monoisotopic (exact) mass is 359 g/mol. The fraction of sp³-hybridized carbons (Fsp3) is 0.412. The van der Waals surface area contributed by atoms with Crippen molar-refractivity contribution in [2.45, 2.75) is 26.4 Å². The molecule has 0 radical (unpaired) electrons. The Kier molecular flexibility index (Phi) is 6.61. The van der Waals surface area contributed by atoms with Gasteiger partial charge in [-0.25, -0.2) is 0 Å². The van der Waals surface area contributed by atoms with E-state index in [1.807, 2.05) is 0 Å². The highest BCUT2D eigenvalue weighted by Crippen LogP contribution is 2.32. The van der Waals surface area contributed by atoms with Crippen LogP contribution in [0.4, 0.5) is 13.2 Å². The first-order valence-electron chi connectivity index (χ1n) is 7.45. The van der Waals surface area contributed by atoms with Crippen LogP contribution in [0.3, 0.4) is 0 Å². The molecule has 5 nitrogen and oxygen atoms in total. The van der Waals surface area contributed by atoms with Gasteiger partial charge in [-0.3, -0.25) is 9.59 Å². The van der Waals surface area contributed by atoms with Crippen LogP contribution in [0.15, 0.2) is 30.9 Å². The van der Waals surface area contributed by atoms with Crippen molar-refractivity contribution in [3.63, 3.8) is 0 Å². The van der Waals surface area contributed by atoms with E-state index < -0.39 is 29.0 Å². The molecule has 1 rings (SSSR count). The average molecular weight is 359 g/mol. The number of halogens is 3. The van der Waals surface area contributed by atoms with Crippen LogP contribution in [0.25, 0.3) is 0 Å². The van der Waals surface area contributed by atoms with Gasteiger partial charge in [0.05, 0.1) is 16.5 Å². The molecule has 0 saturated carbocycles. The molecular formula is C17H20F3NO4. The Bertz CT molecular complexity index is 654. The van der Waals surface area contributed by atoms with Gasteiger partial charge in [-0.05, 0) is 38.5 Å². The smallest absolute Gasteiger partial charge is 0.416 e. The summed E-state index contributed by atoms with van der Waals surface area (Å²) in [7, 11) is 0. The van der Waals surface area contributed by atoms with E-state index in [0.717, 1.165) is 12.1 Å². The Morgan fingerprint density at radius 1 is 1.32 bits per heavy atom. The van der Waals surface area contributed by atoms with Crippen molar-refractivity contribution in [3.8, 4) is 5.75 Å². The number of hydrogen-bond donors (Lipinski definition) is 2. The van der Waals surface area contributed by atoms with Crippen molar-refractivity contribution >= 4 is 11.9 Å². The summed E-state index contributed by atoms with van der Waals surface area (Å²) in [6.07, 6.45) is -3.08. The number of carboxylic acids is 1. The number of rotatable bonds is 8. The Balaban J connectivity index is 2.96. The molecule has 0 heterocycles. The molecule has 0 unspecified atom stereocenters. The lowest BCUT2D eigenvalue weighted by Crippen LogP contribution is -2.32. The number of amides is 1. The highest BCUT2D eigenvalue weighted by atomic mass is 19.4. The number of nitrogens with one attached hydrogen (secondary N) is 1. The normalized spacial score (nSPS) is 11.7. The van der Waals surface area contributed by atoms with Gasteiger partial charge in [0.2, 0.25) is 0 Å². The van der Waals surface area contributed by atoms with E-state index in [9.17, 15) is 22.8 Å². The van der Waals surface area contributed by atoms with Crippen molar-refractivity contribution in [1.29, 1.82) is 0 Å². The van der Waals surface area contributed by atoms with Crippen LogP contribution in [0.5, 0.6) is 5.75 Å². The molecular weight excluding hydrogens is 339 g/mol. The van der Waals surface area contributed by atoms with Gasteiger partial charge in [0.15, 0.2) is 0 Å². The fourth-order valence-corrected chi connectivity index (χ4v) is 1.85. The second kappa shape index (κ2) is 8.04. The lowest BCUT2D eigenvalue weighted by molar-refractivity contribution is -0.147. The minimum atomic E-state index is -4.60. The molecule has 1 amide bonds. The summed E-state index contributed by atoms with van der Waals surface area (Å²) in [6, 6.07) is 2.60. The van der Waals surface area contributed by atoms with Crippen LogP contribution in [0, 0.1) is 5.41 Å². The van der Waals surface area contributed by atoms with Crippen LogP contribution in [-0.2, 0) is 11.0 Å². The zero-order valence-electron chi connectivity index (χ0n) is 13.9. The van der Waals surface area contributed by atoms with Gasteiger partial charge in [0, 0.05) is 6.54 Å². The third kappa shape index (κ3) is 5.81. The van der Waals surface area contributed by atoms with E-state index in [1.165, 1.54) is 19.9 Å². The van der Waals surface area contributed by atoms with E-state index in [1.54, 1.807) is 0 Å². The average Bonchev–Trinajstić information content (AvgIpc) is 2.51. The summed E-state index contributed by atoms with van der Waals surface area (Å²) < 4.78 is 43.8. The van der Waals surface area contributed by atoms with Gasteiger partial charge in [-0.15, -0.1) is 0 Å². The van der Waals surface area contributed by atoms with Crippen molar-refractivity contribution in [2.75, 3.05) is 13.2 Å². The molecule has 0 bridgehead atoms. The predicted molar refractivity (Wildman–Crippen MR) is 85.5 cm³/mol. The number of ether oxygens (including phenoxy) is 1. The van der Waals surface area contributed by atoms with Crippen LogP contribution >= 0.6 is 0 Å². The molecule has 0 fully saturated rings. The molecule has 138 valence electrons. The van der Waals surface area contributed by atoms with E-state index in [0.29, 0.717) is 6.07 Å². The largest absolute Gasteiger partial charge is 0.489 e. The van der Waals surface area contributed by atoms with Crippen LogP contribution in [-0.4, -0.2) is 30.1 Å². The van der Waals surface area contributed by atoms with Crippen LogP contribution < -0.4 is 10.1 Å². The van der Waals surface area contributed by atoms with E-state index in [2.05, 4.69) is 11.9 Å². The molecule has 1 aromatic carbocycles. The van der Waals surface area contributed by atoms with E-state index in [4.69, 9.17) is 9.84 Å². The number of alkyl halides is 3. The number of carbonyl (C=O) groups is 2. The molecule has 2 N–H and O–H groups in total. The standard InChI is InChI=1S/C17H20F3NO4/c1-4-9-25-13-6-5-11(17(18,19)20)10-12(13)14(22)21-8-7-16(2,3)15(23)24/h4-6,10H,1,7-9H2,2-3H3,(H,21,22)(H,23,24). The molecule has 0 aliphatic rings. The topological polar surface area (TPSA) is 75.6 Å². The van der Waals surface area contributed by atoms with Crippen molar-refractivity contribution in [2.24, 2.45) is 5.41 Å². The zero-order valence-corrected chi connectivity index (χ0v) is 13.9. The molecule has 0 aromatic heterocycles. The maximum Gasteiger partial charge on any atom is 0.416 e. The Labute approximate surface area is 143 Å². The number of aliphatic carboxylic acids is 1. The first-order valence-corrected chi connectivity index (χ1v) is 7.45. The predicted octanol–water partition coefficient (Wildman–Crippen LogP) is 3.50. The van der Waals surface area contributed by atoms with Gasteiger partial charge >= 0.3 is 12.1 Å². The first kappa shape index (κ1) is 20.5. The molecule has 0 atom stereocenters. The number of carbonyl (C=O) groups excluding carboxylic acids is 1. The van der Waals surface area contributed by atoms with Crippen LogP contribution in [0.1, 0.15) is 36.2 Å². The van der Waals surface area contributed by atoms with E-state index in [-0.39, 0.29) is 30.9 Å². The SMILES string of the molecule is C=CCOc1ccc(C(F)(F)F)cc1C(=O)NCCC(C)(C)C(=O)O. The fourth-order valence-electron chi connectivity index (χ4n) is 1.85. The zero-order chi connectivity index (χ0) is 19.3. The molecule has 0 aliphatic heterocycles. The first-order chi connectivity index (χ1) is 11.5. The summed E-state index contributed by atoms with van der Waals surface area (Å²) in [5, 5.41) is 11.5. The third-order valence-corrected chi connectivity index (χ3v) is 3.52. The minimum Gasteiger partial charge on any atom is -0.489 e. The second-order valence-electron chi connectivity index (χ2n) is 6.00. The molecule has 1 aromatic rings. The van der Waals surface area contributed by atoms with Gasteiger partial charge < -0.3 is 15.2 Å². The van der Waals surface area contributed by atoms with Gasteiger partial charge in [0.1, 0.15) is 12.4 Å². The number of carboxylic acid groups (broad SMARTS) is 1. The maximum atomic E-state index is 12.9. The van der Waals surface area contributed by atoms with Crippen molar-refractivity contribution in [1.82, 2.24) is 5.32 Å². The summed E-state index contributed by atoms with van der Waals surface area (Å²) in [6.45, 7) is 6.44. The summed E-state index contributed by atoms with van der Waals surface area (Å²) >= 11 is 0. The molecule has 0 aliphatic carbocycles. The van der Waals surface area contributed by atoms with Crippen LogP contribution in [0.2, 0.25) is 0 Å². The highest BCUT2D eigenvalue weighted by Gasteiger charge is 2.32. The summed E-state index contributed by atoms with van der Waals surface area (Å²) in [4.78, 5) is 23.3. The Morgan fingerprint density at radius 2 is 1.96 bits per heavy atom. The lowest BCUT2D eigenvalue weighted by atomic mass is 9.89. The molecule has 8 heteroatoms. The molecule has 0 spiro atoms. The summed E-state index contributed by atoms with van der Waals surface area (Å²) in [5.41, 5.74) is -2.32. The maximum absolute atomic E-state index is 12.9. The third-order valence-electron chi connectivity index (χ3n) is 3.52. The molecule has 0 saturated heterocycles. The summed E-state index contributed by atoms with van der Waals surface area (Å²) in [5.74, 6) is -1.81. The Morgan fingerprint density at radius 3 is 2.48 bits per heavy atom. The number of benzene rings is 1. The van der Waals surface area contributed by atoms with Gasteiger partial charge in [-0.1, -0.05) is 12.7 Å². The van der Waals surface area contributed by atoms with Crippen molar-refractivity contribution < 1.29 is 32.6 Å². The number of hydrogen-bond acceptors (Lipinski definition) is 3.